The van der Waals surface area contributed by atoms with Crippen LogP contribution in [0.5, 0.6) is 0 Å². The van der Waals surface area contributed by atoms with Crippen LogP contribution in [0.15, 0.2) is 24.3 Å². The van der Waals surface area contributed by atoms with E-state index < -0.39 is 18.0 Å². The second kappa shape index (κ2) is 5.53. The first kappa shape index (κ1) is 13.1. The molecule has 0 heterocycles. The lowest BCUT2D eigenvalue weighted by Crippen LogP contribution is -2.30. The number of hydrogen-bond donors (Lipinski definition) is 2. The van der Waals surface area contributed by atoms with Gasteiger partial charge in [-0.05, 0) is 37.7 Å². The minimum Gasteiger partial charge on any atom is -0.481 e. The van der Waals surface area contributed by atoms with Gasteiger partial charge in [-0.25, -0.2) is 0 Å². The predicted octanol–water partition coefficient (Wildman–Crippen LogP) is 2.40. The van der Waals surface area contributed by atoms with Crippen LogP contribution < -0.4 is 0 Å². The van der Waals surface area contributed by atoms with Crippen molar-refractivity contribution in [3.05, 3.63) is 35.4 Å². The highest BCUT2D eigenvalue weighted by Gasteiger charge is 2.36. The molecule has 2 rings (SSSR count). The van der Waals surface area contributed by atoms with E-state index in [9.17, 15) is 15.0 Å². The first-order valence-electron chi connectivity index (χ1n) is 6.54. The second-order valence-electron chi connectivity index (χ2n) is 5.30. The molecular weight excluding hydrogens is 228 g/mol. The van der Waals surface area contributed by atoms with Crippen LogP contribution >= 0.6 is 0 Å². The van der Waals surface area contributed by atoms with Crippen LogP contribution in [-0.4, -0.2) is 22.3 Å². The van der Waals surface area contributed by atoms with Gasteiger partial charge >= 0.3 is 5.97 Å². The molecule has 98 valence electrons. The van der Waals surface area contributed by atoms with E-state index in [1.165, 1.54) is 5.56 Å². The van der Waals surface area contributed by atoms with Crippen LogP contribution in [0.1, 0.15) is 30.4 Å². The number of carboxylic acids is 1. The summed E-state index contributed by atoms with van der Waals surface area (Å²) >= 11 is 0. The number of aryl methyl sites for hydroxylation is 1. The van der Waals surface area contributed by atoms with Crippen molar-refractivity contribution in [3.8, 4) is 0 Å². The fraction of sp³-hybridized carbons (Fsp3) is 0.533. The van der Waals surface area contributed by atoms with Crippen molar-refractivity contribution in [3.63, 3.8) is 0 Å². The lowest BCUT2D eigenvalue weighted by Gasteiger charge is -2.22. The molecule has 1 aliphatic carbocycles. The lowest BCUT2D eigenvalue weighted by atomic mass is 9.84. The molecule has 3 atom stereocenters. The normalized spacial score (nSPS) is 25.0. The van der Waals surface area contributed by atoms with E-state index in [4.69, 9.17) is 0 Å². The van der Waals surface area contributed by atoms with Gasteiger partial charge in [-0.1, -0.05) is 36.2 Å². The van der Waals surface area contributed by atoms with E-state index >= 15 is 0 Å². The van der Waals surface area contributed by atoms with E-state index in [2.05, 4.69) is 0 Å². The topological polar surface area (TPSA) is 57.5 Å². The number of carbonyl (C=O) groups is 1. The summed E-state index contributed by atoms with van der Waals surface area (Å²) in [6, 6.07) is 7.96. The summed E-state index contributed by atoms with van der Waals surface area (Å²) in [5.41, 5.74) is 2.21. The number of carboxylic acid groups (broad SMARTS) is 1. The lowest BCUT2D eigenvalue weighted by molar-refractivity contribution is -0.145. The molecule has 1 aromatic rings. The third kappa shape index (κ3) is 2.91. The standard InChI is InChI=1S/C15H20O3/c1-10-5-7-11(8-6-10)9-13(15(17)18)12-3-2-4-14(12)16/h5-8,12-14,16H,2-4,9H2,1H3,(H,17,18). The molecule has 3 nitrogen and oxygen atoms in total. The fourth-order valence-electron chi connectivity index (χ4n) is 2.84. The number of aliphatic hydroxyl groups excluding tert-OH is 1. The van der Waals surface area contributed by atoms with Crippen molar-refractivity contribution in [1.29, 1.82) is 0 Å². The zero-order valence-corrected chi connectivity index (χ0v) is 10.7. The van der Waals surface area contributed by atoms with Crippen molar-refractivity contribution in [1.82, 2.24) is 0 Å². The van der Waals surface area contributed by atoms with Gasteiger partial charge in [0.1, 0.15) is 0 Å². The minimum absolute atomic E-state index is 0.0937. The molecule has 18 heavy (non-hydrogen) atoms. The molecule has 0 aromatic heterocycles. The summed E-state index contributed by atoms with van der Waals surface area (Å²) in [5, 5.41) is 19.2. The zero-order valence-electron chi connectivity index (χ0n) is 10.7. The van der Waals surface area contributed by atoms with Crippen molar-refractivity contribution in [2.75, 3.05) is 0 Å². The van der Waals surface area contributed by atoms with Crippen LogP contribution in [0.2, 0.25) is 0 Å². The minimum atomic E-state index is -0.790. The molecule has 0 bridgehead atoms. The Kier molecular flexibility index (Phi) is 4.02. The quantitative estimate of drug-likeness (QED) is 0.860. The maximum absolute atomic E-state index is 11.4. The van der Waals surface area contributed by atoms with Crippen molar-refractivity contribution in [2.24, 2.45) is 11.8 Å². The number of benzene rings is 1. The van der Waals surface area contributed by atoms with Crippen LogP contribution in [-0.2, 0) is 11.2 Å². The van der Waals surface area contributed by atoms with Gasteiger partial charge in [-0.15, -0.1) is 0 Å². The molecule has 0 aliphatic heterocycles. The Morgan fingerprint density at radius 1 is 1.33 bits per heavy atom. The Balaban J connectivity index is 2.11. The van der Waals surface area contributed by atoms with Crippen LogP contribution in [0.3, 0.4) is 0 Å². The molecule has 0 radical (unpaired) electrons. The number of aliphatic hydroxyl groups is 1. The molecule has 0 spiro atoms. The van der Waals surface area contributed by atoms with E-state index in [0.29, 0.717) is 6.42 Å². The first-order valence-corrected chi connectivity index (χ1v) is 6.54. The van der Waals surface area contributed by atoms with Crippen molar-refractivity contribution < 1.29 is 15.0 Å². The van der Waals surface area contributed by atoms with Gasteiger partial charge in [0.2, 0.25) is 0 Å². The Labute approximate surface area is 107 Å². The summed E-state index contributed by atoms with van der Waals surface area (Å²) in [4.78, 5) is 11.4. The Hall–Kier alpha value is -1.35. The Morgan fingerprint density at radius 2 is 2.00 bits per heavy atom. The molecule has 2 N–H and O–H groups in total. The van der Waals surface area contributed by atoms with Crippen LogP contribution in [0.4, 0.5) is 0 Å². The third-order valence-electron chi connectivity index (χ3n) is 3.94. The number of aliphatic carboxylic acids is 1. The van der Waals surface area contributed by atoms with E-state index in [1.54, 1.807) is 0 Å². The maximum Gasteiger partial charge on any atom is 0.307 e. The summed E-state index contributed by atoms with van der Waals surface area (Å²) in [6.45, 7) is 2.01. The average molecular weight is 248 g/mol. The Bertz CT molecular complexity index is 410. The number of hydrogen-bond acceptors (Lipinski definition) is 2. The largest absolute Gasteiger partial charge is 0.481 e. The highest BCUT2D eigenvalue weighted by atomic mass is 16.4. The highest BCUT2D eigenvalue weighted by Crippen LogP contribution is 2.33. The Morgan fingerprint density at radius 3 is 2.50 bits per heavy atom. The van der Waals surface area contributed by atoms with E-state index in [0.717, 1.165) is 24.8 Å². The van der Waals surface area contributed by atoms with E-state index in [-0.39, 0.29) is 5.92 Å². The number of rotatable bonds is 4. The van der Waals surface area contributed by atoms with Gasteiger partial charge < -0.3 is 10.2 Å². The highest BCUT2D eigenvalue weighted by molar-refractivity contribution is 5.71. The summed E-state index contributed by atoms with van der Waals surface area (Å²) in [7, 11) is 0. The predicted molar refractivity (Wildman–Crippen MR) is 69.4 cm³/mol. The smallest absolute Gasteiger partial charge is 0.307 e. The van der Waals surface area contributed by atoms with Crippen molar-refractivity contribution in [2.45, 2.75) is 38.7 Å². The first-order chi connectivity index (χ1) is 8.58. The van der Waals surface area contributed by atoms with Gasteiger partial charge in [0, 0.05) is 0 Å². The maximum atomic E-state index is 11.4. The van der Waals surface area contributed by atoms with Crippen LogP contribution in [0, 0.1) is 18.8 Å². The van der Waals surface area contributed by atoms with Gasteiger partial charge in [0.05, 0.1) is 12.0 Å². The third-order valence-corrected chi connectivity index (χ3v) is 3.94. The van der Waals surface area contributed by atoms with Crippen LogP contribution in [0.25, 0.3) is 0 Å². The molecule has 1 fully saturated rings. The molecule has 1 aliphatic rings. The fourth-order valence-corrected chi connectivity index (χ4v) is 2.84. The molecular formula is C15H20O3. The van der Waals surface area contributed by atoms with Crippen molar-refractivity contribution >= 4 is 5.97 Å². The molecule has 3 heteroatoms. The molecule has 0 amide bonds. The van der Waals surface area contributed by atoms with Gasteiger partial charge in [0.15, 0.2) is 0 Å². The molecule has 1 aromatic carbocycles. The summed E-state index contributed by atoms with van der Waals surface area (Å²) in [5.74, 6) is -1.35. The molecule has 0 saturated heterocycles. The second-order valence-corrected chi connectivity index (χ2v) is 5.30. The van der Waals surface area contributed by atoms with Gasteiger partial charge in [-0.2, -0.15) is 0 Å². The molecule has 1 saturated carbocycles. The summed E-state index contributed by atoms with van der Waals surface area (Å²) in [6.07, 6.45) is 2.56. The van der Waals surface area contributed by atoms with E-state index in [1.807, 2.05) is 31.2 Å². The monoisotopic (exact) mass is 248 g/mol. The van der Waals surface area contributed by atoms with Gasteiger partial charge in [0.25, 0.3) is 0 Å². The summed E-state index contributed by atoms with van der Waals surface area (Å²) < 4.78 is 0. The zero-order chi connectivity index (χ0) is 13.1. The average Bonchev–Trinajstić information content (AvgIpc) is 2.74. The van der Waals surface area contributed by atoms with Gasteiger partial charge in [-0.3, -0.25) is 4.79 Å². The molecule has 3 unspecified atom stereocenters. The SMILES string of the molecule is Cc1ccc(CC(C(=O)O)C2CCCC2O)cc1.